The van der Waals surface area contributed by atoms with Gasteiger partial charge in [-0.1, -0.05) is 44.5 Å². The van der Waals surface area contributed by atoms with Gasteiger partial charge in [-0.3, -0.25) is 0 Å². The normalized spacial score (nSPS) is 11.5. The van der Waals surface area contributed by atoms with Crippen LogP contribution in [-0.4, -0.2) is 23.7 Å². The minimum Gasteiger partial charge on any atom is -0.508 e. The lowest BCUT2D eigenvalue weighted by Crippen LogP contribution is -2.11. The van der Waals surface area contributed by atoms with E-state index in [2.05, 4.69) is 6.92 Å². The summed E-state index contributed by atoms with van der Waals surface area (Å²) in [5.41, 5.74) is 2.73. The molecule has 0 spiro atoms. The molecule has 5 nitrogen and oxygen atoms in total. The van der Waals surface area contributed by atoms with Gasteiger partial charge in [-0.2, -0.15) is 0 Å². The van der Waals surface area contributed by atoms with E-state index < -0.39 is 5.97 Å². The predicted molar refractivity (Wildman–Crippen MR) is 115 cm³/mol. The molecule has 154 valence electrons. The zero-order valence-corrected chi connectivity index (χ0v) is 17.0. The molecule has 0 radical (unpaired) electrons. The number of ether oxygens (including phenoxy) is 2. The van der Waals surface area contributed by atoms with Gasteiger partial charge in [0.05, 0.1) is 17.7 Å². The van der Waals surface area contributed by atoms with Crippen LogP contribution >= 0.6 is 0 Å². The van der Waals surface area contributed by atoms with Crippen LogP contribution in [-0.2, 0) is 4.74 Å². The lowest BCUT2D eigenvalue weighted by Gasteiger charge is -2.10. The van der Waals surface area contributed by atoms with E-state index in [1.54, 1.807) is 24.3 Å². The van der Waals surface area contributed by atoms with Crippen molar-refractivity contribution < 1.29 is 24.2 Å². The molecule has 0 fully saturated rings. The molecular formula is C25H24O5. The van der Waals surface area contributed by atoms with Crippen molar-refractivity contribution in [2.24, 2.45) is 5.92 Å². The Morgan fingerprint density at radius 3 is 1.87 bits per heavy atom. The highest BCUT2D eigenvalue weighted by atomic mass is 16.5. The summed E-state index contributed by atoms with van der Waals surface area (Å²) in [5, 5.41) is 9.30. The Bertz CT molecular complexity index is 989. The van der Waals surface area contributed by atoms with Crippen LogP contribution in [0.3, 0.4) is 0 Å². The summed E-state index contributed by atoms with van der Waals surface area (Å²) in [6.07, 6.45) is 0.965. The molecular weight excluding hydrogens is 380 g/mol. The Balaban J connectivity index is 1.62. The number of aromatic hydroxyl groups is 1. The molecule has 0 unspecified atom stereocenters. The van der Waals surface area contributed by atoms with Gasteiger partial charge in [0.15, 0.2) is 0 Å². The number of phenols is 1. The van der Waals surface area contributed by atoms with Crippen molar-refractivity contribution in [3.63, 3.8) is 0 Å². The first kappa shape index (κ1) is 21.1. The minimum absolute atomic E-state index is 0.0886. The molecule has 0 aliphatic rings. The van der Waals surface area contributed by atoms with Gasteiger partial charge in [-0.05, 0) is 65.6 Å². The van der Waals surface area contributed by atoms with Crippen molar-refractivity contribution in [2.45, 2.75) is 20.3 Å². The second-order valence-electron chi connectivity index (χ2n) is 7.15. The summed E-state index contributed by atoms with van der Waals surface area (Å²) in [4.78, 5) is 24.3. The quantitative estimate of drug-likeness (QED) is 0.417. The molecule has 0 aliphatic heterocycles. The molecule has 5 heteroatoms. The summed E-state index contributed by atoms with van der Waals surface area (Å²) in [7, 11) is 0. The van der Waals surface area contributed by atoms with Crippen LogP contribution in [0, 0.1) is 5.92 Å². The Hall–Kier alpha value is -3.60. The fourth-order valence-electron chi connectivity index (χ4n) is 2.70. The molecule has 0 aliphatic carbocycles. The Kier molecular flexibility index (Phi) is 6.86. The fraction of sp³-hybridized carbons (Fsp3) is 0.200. The molecule has 30 heavy (non-hydrogen) atoms. The van der Waals surface area contributed by atoms with E-state index in [1.807, 2.05) is 31.2 Å². The molecule has 3 aromatic carbocycles. The van der Waals surface area contributed by atoms with Gasteiger partial charge < -0.3 is 14.6 Å². The van der Waals surface area contributed by atoms with Gasteiger partial charge in [0.2, 0.25) is 0 Å². The SMILES string of the molecule is CC[C@H](C)COC(=O)c1ccc(-c2ccc(OC(=O)c3ccc(O)cc3)cc2)cc1. The number of phenolic OH excluding ortho intramolecular Hbond substituents is 1. The van der Waals surface area contributed by atoms with Crippen molar-refractivity contribution in [3.8, 4) is 22.6 Å². The van der Waals surface area contributed by atoms with Crippen LogP contribution in [0.4, 0.5) is 0 Å². The van der Waals surface area contributed by atoms with Gasteiger partial charge >= 0.3 is 11.9 Å². The van der Waals surface area contributed by atoms with Crippen molar-refractivity contribution in [2.75, 3.05) is 6.61 Å². The van der Waals surface area contributed by atoms with Gasteiger partial charge in [0, 0.05) is 0 Å². The van der Waals surface area contributed by atoms with E-state index in [0.29, 0.717) is 29.4 Å². The van der Waals surface area contributed by atoms with Crippen LogP contribution in [0.25, 0.3) is 11.1 Å². The zero-order valence-electron chi connectivity index (χ0n) is 17.0. The molecule has 0 saturated heterocycles. The molecule has 0 aromatic heterocycles. The molecule has 0 saturated carbocycles. The van der Waals surface area contributed by atoms with E-state index in [4.69, 9.17) is 9.47 Å². The van der Waals surface area contributed by atoms with Crippen molar-refractivity contribution in [3.05, 3.63) is 83.9 Å². The van der Waals surface area contributed by atoms with Crippen molar-refractivity contribution in [1.29, 1.82) is 0 Å². The number of carbonyl (C=O) groups excluding carboxylic acids is 2. The van der Waals surface area contributed by atoms with E-state index in [9.17, 15) is 14.7 Å². The van der Waals surface area contributed by atoms with Gasteiger partial charge in [0.1, 0.15) is 11.5 Å². The molecule has 1 atom stereocenters. The third kappa shape index (κ3) is 5.47. The predicted octanol–water partition coefficient (Wildman–Crippen LogP) is 5.48. The van der Waals surface area contributed by atoms with Gasteiger partial charge in [-0.25, -0.2) is 9.59 Å². The van der Waals surface area contributed by atoms with Crippen molar-refractivity contribution in [1.82, 2.24) is 0 Å². The molecule has 3 aromatic rings. The highest BCUT2D eigenvalue weighted by Gasteiger charge is 2.11. The lowest BCUT2D eigenvalue weighted by atomic mass is 10.0. The number of rotatable bonds is 7. The fourth-order valence-corrected chi connectivity index (χ4v) is 2.70. The second kappa shape index (κ2) is 9.74. The molecule has 1 N–H and O–H groups in total. The number of esters is 2. The first-order chi connectivity index (χ1) is 14.5. The average Bonchev–Trinajstić information content (AvgIpc) is 2.78. The number of carbonyl (C=O) groups is 2. The van der Waals surface area contributed by atoms with Crippen molar-refractivity contribution >= 4 is 11.9 Å². The highest BCUT2D eigenvalue weighted by Crippen LogP contribution is 2.24. The topological polar surface area (TPSA) is 72.8 Å². The summed E-state index contributed by atoms with van der Waals surface area (Å²) in [6, 6.07) is 20.2. The maximum atomic E-state index is 12.1. The lowest BCUT2D eigenvalue weighted by molar-refractivity contribution is 0.0447. The summed E-state index contributed by atoms with van der Waals surface area (Å²) < 4.78 is 10.7. The monoisotopic (exact) mass is 404 g/mol. The maximum absolute atomic E-state index is 12.1. The first-order valence-electron chi connectivity index (χ1n) is 9.85. The third-order valence-corrected chi connectivity index (χ3v) is 4.82. The maximum Gasteiger partial charge on any atom is 0.343 e. The molecule has 3 rings (SSSR count). The van der Waals surface area contributed by atoms with Crippen LogP contribution in [0.2, 0.25) is 0 Å². The van der Waals surface area contributed by atoms with Gasteiger partial charge in [0.25, 0.3) is 0 Å². The zero-order chi connectivity index (χ0) is 21.5. The van der Waals surface area contributed by atoms with Crippen LogP contribution in [0.1, 0.15) is 41.0 Å². The third-order valence-electron chi connectivity index (χ3n) is 4.82. The van der Waals surface area contributed by atoms with E-state index in [0.717, 1.165) is 17.5 Å². The number of hydrogen-bond acceptors (Lipinski definition) is 5. The average molecular weight is 404 g/mol. The summed E-state index contributed by atoms with van der Waals surface area (Å²) in [6.45, 7) is 4.52. The van der Waals surface area contributed by atoms with E-state index in [1.165, 1.54) is 24.3 Å². The molecule has 0 amide bonds. The Labute approximate surface area is 175 Å². The van der Waals surface area contributed by atoms with Gasteiger partial charge in [-0.15, -0.1) is 0 Å². The van der Waals surface area contributed by atoms with Crippen LogP contribution < -0.4 is 4.74 Å². The smallest absolute Gasteiger partial charge is 0.343 e. The number of benzene rings is 3. The summed E-state index contributed by atoms with van der Waals surface area (Å²) >= 11 is 0. The van der Waals surface area contributed by atoms with Crippen LogP contribution in [0.15, 0.2) is 72.8 Å². The van der Waals surface area contributed by atoms with E-state index >= 15 is 0 Å². The second-order valence-corrected chi connectivity index (χ2v) is 7.15. The largest absolute Gasteiger partial charge is 0.508 e. The standard InChI is InChI=1S/C25H24O5/c1-3-17(2)16-29-24(27)20-6-4-18(5-7-20)19-10-14-23(15-11-19)30-25(28)21-8-12-22(26)13-9-21/h4-15,17,26H,3,16H2,1-2H3/t17-/m0/s1. The highest BCUT2D eigenvalue weighted by molar-refractivity contribution is 5.91. The first-order valence-corrected chi connectivity index (χ1v) is 9.85. The molecule has 0 heterocycles. The van der Waals surface area contributed by atoms with Crippen LogP contribution in [0.5, 0.6) is 11.5 Å². The molecule has 0 bridgehead atoms. The van der Waals surface area contributed by atoms with E-state index in [-0.39, 0.29) is 11.7 Å². The Morgan fingerprint density at radius 1 is 0.800 bits per heavy atom. The minimum atomic E-state index is -0.497. The number of hydrogen-bond donors (Lipinski definition) is 1. The summed E-state index contributed by atoms with van der Waals surface area (Å²) in [5.74, 6) is 0.0315. The Morgan fingerprint density at radius 2 is 1.30 bits per heavy atom.